The Hall–Kier alpha value is -1.10. The molecule has 5 heteroatoms. The van der Waals surface area contributed by atoms with Crippen molar-refractivity contribution in [1.29, 1.82) is 0 Å². The first kappa shape index (κ1) is 16.0. The summed E-state index contributed by atoms with van der Waals surface area (Å²) in [6, 6.07) is -0.409. The van der Waals surface area contributed by atoms with Gasteiger partial charge in [-0.05, 0) is 46.6 Å². The van der Waals surface area contributed by atoms with Crippen LogP contribution in [0.2, 0.25) is 0 Å². The van der Waals surface area contributed by atoms with E-state index >= 15 is 0 Å². The summed E-state index contributed by atoms with van der Waals surface area (Å²) in [5.41, 5.74) is 0. The topological polar surface area (TPSA) is 61.4 Å². The molecule has 1 saturated heterocycles. The van der Waals surface area contributed by atoms with Gasteiger partial charge in [0.15, 0.2) is 0 Å². The fourth-order valence-electron chi connectivity index (χ4n) is 2.34. The number of likely N-dealkylation sites (tertiary alicyclic amines) is 1. The Morgan fingerprint density at radius 3 is 2.68 bits per heavy atom. The van der Waals surface area contributed by atoms with Gasteiger partial charge in [-0.15, -0.1) is 0 Å². The molecule has 2 unspecified atom stereocenters. The van der Waals surface area contributed by atoms with Crippen molar-refractivity contribution in [3.8, 4) is 0 Å². The van der Waals surface area contributed by atoms with Gasteiger partial charge in [0, 0.05) is 12.6 Å². The van der Waals surface area contributed by atoms with E-state index in [9.17, 15) is 9.59 Å². The van der Waals surface area contributed by atoms with Gasteiger partial charge in [0.05, 0.1) is 6.04 Å². The van der Waals surface area contributed by atoms with Gasteiger partial charge in [0.25, 0.3) is 0 Å². The molecule has 0 aromatic rings. The summed E-state index contributed by atoms with van der Waals surface area (Å²) in [5.74, 6) is -0.00871. The zero-order chi connectivity index (χ0) is 14.4. The molecule has 2 N–H and O–H groups in total. The van der Waals surface area contributed by atoms with Crippen LogP contribution in [0.25, 0.3) is 0 Å². The first-order valence-corrected chi connectivity index (χ1v) is 7.31. The second-order valence-corrected chi connectivity index (χ2v) is 5.52. The Morgan fingerprint density at radius 2 is 2.11 bits per heavy atom. The summed E-state index contributed by atoms with van der Waals surface area (Å²) in [6.07, 6.45) is 2.83. The highest BCUT2D eigenvalue weighted by molar-refractivity contribution is 5.90. The fourth-order valence-corrected chi connectivity index (χ4v) is 2.34. The lowest BCUT2D eigenvalue weighted by molar-refractivity contribution is -0.144. The summed E-state index contributed by atoms with van der Waals surface area (Å²) in [5, 5.41) is 6.13. The lowest BCUT2D eigenvalue weighted by atomic mass is 10.0. The van der Waals surface area contributed by atoms with Gasteiger partial charge in [0.1, 0.15) is 6.04 Å². The van der Waals surface area contributed by atoms with E-state index in [4.69, 9.17) is 0 Å². The van der Waals surface area contributed by atoms with Crippen LogP contribution < -0.4 is 10.6 Å². The number of carbonyl (C=O) groups is 2. The Labute approximate surface area is 116 Å². The largest absolute Gasteiger partial charge is 0.352 e. The molecular weight excluding hydrogens is 242 g/mol. The van der Waals surface area contributed by atoms with E-state index in [1.54, 1.807) is 11.8 Å². The molecule has 1 rings (SSSR count). The molecule has 1 heterocycles. The van der Waals surface area contributed by atoms with E-state index < -0.39 is 0 Å². The molecule has 1 aliphatic rings. The zero-order valence-corrected chi connectivity index (χ0v) is 12.5. The van der Waals surface area contributed by atoms with Crippen LogP contribution in [0.3, 0.4) is 0 Å². The normalized spacial score (nSPS) is 21.6. The fraction of sp³-hybridized carbons (Fsp3) is 0.857. The van der Waals surface area contributed by atoms with E-state index in [2.05, 4.69) is 17.6 Å². The van der Waals surface area contributed by atoms with E-state index in [1.807, 2.05) is 13.8 Å². The van der Waals surface area contributed by atoms with Crippen LogP contribution >= 0.6 is 0 Å². The SMILES string of the molecule is CCCNC1CCCN(C(C)C(=O)NC(C)C)C1=O. The van der Waals surface area contributed by atoms with Crippen LogP contribution in [-0.4, -0.2) is 47.9 Å². The second kappa shape index (κ2) is 7.48. The molecule has 0 aromatic heterocycles. The van der Waals surface area contributed by atoms with Crippen molar-refractivity contribution in [2.24, 2.45) is 0 Å². The van der Waals surface area contributed by atoms with Crippen LogP contribution in [0.5, 0.6) is 0 Å². The van der Waals surface area contributed by atoms with Gasteiger partial charge in [0.2, 0.25) is 11.8 Å². The highest BCUT2D eigenvalue weighted by Crippen LogP contribution is 2.15. The van der Waals surface area contributed by atoms with E-state index in [0.29, 0.717) is 6.54 Å². The molecule has 1 aliphatic heterocycles. The van der Waals surface area contributed by atoms with Gasteiger partial charge in [-0.1, -0.05) is 6.92 Å². The molecule has 2 amide bonds. The van der Waals surface area contributed by atoms with Crippen LogP contribution in [0.15, 0.2) is 0 Å². The lowest BCUT2D eigenvalue weighted by Gasteiger charge is -2.36. The molecule has 0 aromatic carbocycles. The molecule has 0 bridgehead atoms. The Morgan fingerprint density at radius 1 is 1.42 bits per heavy atom. The quantitative estimate of drug-likeness (QED) is 0.753. The molecule has 2 atom stereocenters. The highest BCUT2D eigenvalue weighted by Gasteiger charge is 2.33. The summed E-state index contributed by atoms with van der Waals surface area (Å²) in [6.45, 7) is 9.25. The van der Waals surface area contributed by atoms with Crippen molar-refractivity contribution < 1.29 is 9.59 Å². The smallest absolute Gasteiger partial charge is 0.242 e. The van der Waals surface area contributed by atoms with Crippen molar-refractivity contribution in [2.75, 3.05) is 13.1 Å². The van der Waals surface area contributed by atoms with Crippen molar-refractivity contribution >= 4 is 11.8 Å². The molecule has 0 spiro atoms. The van der Waals surface area contributed by atoms with Crippen LogP contribution in [0.1, 0.15) is 47.0 Å². The van der Waals surface area contributed by atoms with Crippen LogP contribution in [0.4, 0.5) is 0 Å². The lowest BCUT2D eigenvalue weighted by Crippen LogP contribution is -2.57. The maximum absolute atomic E-state index is 12.3. The average Bonchev–Trinajstić information content (AvgIpc) is 2.36. The summed E-state index contributed by atoms with van der Waals surface area (Å²) < 4.78 is 0. The Balaban J connectivity index is 2.60. The minimum atomic E-state index is -0.388. The van der Waals surface area contributed by atoms with Crippen molar-refractivity contribution in [1.82, 2.24) is 15.5 Å². The third-order valence-electron chi connectivity index (χ3n) is 3.39. The zero-order valence-electron chi connectivity index (χ0n) is 12.5. The Kier molecular flexibility index (Phi) is 6.28. The predicted octanol–water partition coefficient (Wildman–Crippen LogP) is 0.890. The van der Waals surface area contributed by atoms with Crippen molar-refractivity contribution in [3.05, 3.63) is 0 Å². The van der Waals surface area contributed by atoms with Gasteiger partial charge in [-0.2, -0.15) is 0 Å². The first-order chi connectivity index (χ1) is 8.97. The van der Waals surface area contributed by atoms with Crippen molar-refractivity contribution in [3.63, 3.8) is 0 Å². The monoisotopic (exact) mass is 269 g/mol. The van der Waals surface area contributed by atoms with Crippen molar-refractivity contribution in [2.45, 2.75) is 65.1 Å². The standard InChI is InChI=1S/C14H27N3O2/c1-5-8-15-12-7-6-9-17(14(12)19)11(4)13(18)16-10(2)3/h10-12,15H,5-9H2,1-4H3,(H,16,18). The minimum Gasteiger partial charge on any atom is -0.352 e. The molecule has 5 nitrogen and oxygen atoms in total. The molecule has 19 heavy (non-hydrogen) atoms. The number of nitrogens with one attached hydrogen (secondary N) is 2. The van der Waals surface area contributed by atoms with Gasteiger partial charge in [-0.25, -0.2) is 0 Å². The number of hydrogen-bond acceptors (Lipinski definition) is 3. The minimum absolute atomic E-state index is 0.0612. The Bertz CT molecular complexity index is 318. The maximum atomic E-state index is 12.3. The number of rotatable bonds is 6. The molecule has 1 fully saturated rings. The van der Waals surface area contributed by atoms with Gasteiger partial charge < -0.3 is 15.5 Å². The number of hydrogen-bond donors (Lipinski definition) is 2. The van der Waals surface area contributed by atoms with E-state index in [-0.39, 0.29) is 29.9 Å². The summed E-state index contributed by atoms with van der Waals surface area (Å²) in [4.78, 5) is 26.0. The summed E-state index contributed by atoms with van der Waals surface area (Å²) in [7, 11) is 0. The number of nitrogens with zero attached hydrogens (tertiary/aromatic N) is 1. The van der Waals surface area contributed by atoms with E-state index in [0.717, 1.165) is 25.8 Å². The van der Waals surface area contributed by atoms with Gasteiger partial charge >= 0.3 is 0 Å². The van der Waals surface area contributed by atoms with E-state index in [1.165, 1.54) is 0 Å². The summed E-state index contributed by atoms with van der Waals surface area (Å²) >= 11 is 0. The average molecular weight is 269 g/mol. The van der Waals surface area contributed by atoms with Crippen LogP contribution in [0, 0.1) is 0 Å². The van der Waals surface area contributed by atoms with Crippen LogP contribution in [-0.2, 0) is 9.59 Å². The third-order valence-corrected chi connectivity index (χ3v) is 3.39. The van der Waals surface area contributed by atoms with Gasteiger partial charge in [-0.3, -0.25) is 9.59 Å². The number of piperidine rings is 1. The second-order valence-electron chi connectivity index (χ2n) is 5.52. The molecule has 0 radical (unpaired) electrons. The number of amides is 2. The highest BCUT2D eigenvalue weighted by atomic mass is 16.2. The first-order valence-electron chi connectivity index (χ1n) is 7.31. The molecular formula is C14H27N3O2. The number of carbonyl (C=O) groups excluding carboxylic acids is 2. The molecule has 0 aliphatic carbocycles. The predicted molar refractivity (Wildman–Crippen MR) is 75.8 cm³/mol. The third kappa shape index (κ3) is 4.49. The molecule has 0 saturated carbocycles. The molecule has 110 valence electrons. The maximum Gasteiger partial charge on any atom is 0.242 e.